The Morgan fingerprint density at radius 2 is 1.84 bits per heavy atom. The van der Waals surface area contributed by atoms with Gasteiger partial charge in [-0.25, -0.2) is 0 Å². The van der Waals surface area contributed by atoms with Crippen molar-refractivity contribution in [2.24, 2.45) is 13.0 Å². The molecule has 3 heterocycles. The lowest BCUT2D eigenvalue weighted by Gasteiger charge is -2.42. The Morgan fingerprint density at radius 1 is 1.06 bits per heavy atom. The van der Waals surface area contributed by atoms with E-state index in [1.54, 1.807) is 20.4 Å². The first-order chi connectivity index (χ1) is 15.5. The topological polar surface area (TPSA) is 104 Å². The molecule has 2 N–H and O–H groups in total. The summed E-state index contributed by atoms with van der Waals surface area (Å²) < 4.78 is 1.75. The van der Waals surface area contributed by atoms with Gasteiger partial charge in [0.2, 0.25) is 17.7 Å². The van der Waals surface area contributed by atoms with Crippen LogP contribution in [0.4, 0.5) is 0 Å². The first-order valence-electron chi connectivity index (χ1n) is 11.7. The van der Waals surface area contributed by atoms with Crippen LogP contribution in [0.3, 0.4) is 0 Å². The molecular formula is C23H33N5O4. The summed E-state index contributed by atoms with van der Waals surface area (Å²) in [6.45, 7) is 1.44. The maximum atomic E-state index is 13.3. The third kappa shape index (κ3) is 4.66. The molecule has 0 spiro atoms. The number of piperazine rings is 1. The number of aryl methyl sites for hydroxylation is 1. The minimum absolute atomic E-state index is 0.00362. The van der Waals surface area contributed by atoms with E-state index in [1.807, 2.05) is 19.3 Å². The maximum absolute atomic E-state index is 13.3. The monoisotopic (exact) mass is 443 g/mol. The van der Waals surface area contributed by atoms with Crippen LogP contribution in [0.5, 0.6) is 0 Å². The van der Waals surface area contributed by atoms with Crippen molar-refractivity contribution in [2.75, 3.05) is 26.2 Å². The molecule has 2 aliphatic heterocycles. The minimum atomic E-state index is -0.794. The molecular weight excluding hydrogens is 410 g/mol. The van der Waals surface area contributed by atoms with E-state index in [1.165, 1.54) is 0 Å². The van der Waals surface area contributed by atoms with Gasteiger partial charge in [0.05, 0.1) is 6.54 Å². The summed E-state index contributed by atoms with van der Waals surface area (Å²) in [6, 6.07) is 2.17. The van der Waals surface area contributed by atoms with Gasteiger partial charge < -0.3 is 25.0 Å². The van der Waals surface area contributed by atoms with Crippen molar-refractivity contribution in [3.05, 3.63) is 24.0 Å². The zero-order valence-corrected chi connectivity index (χ0v) is 18.7. The van der Waals surface area contributed by atoms with Gasteiger partial charge >= 0.3 is 0 Å². The largest absolute Gasteiger partial charge is 0.354 e. The van der Waals surface area contributed by atoms with Crippen molar-refractivity contribution in [1.29, 1.82) is 0 Å². The SMILES string of the molecule is Cn1cccc1C(=O)N1CCN(C(=O)C2CCCCC2)[C@@H](C(=O)N[C@@H]2CCCNC2=O)C1. The first-order valence-corrected chi connectivity index (χ1v) is 11.7. The van der Waals surface area contributed by atoms with Gasteiger partial charge in [-0.3, -0.25) is 19.2 Å². The van der Waals surface area contributed by atoms with E-state index in [4.69, 9.17) is 0 Å². The molecule has 174 valence electrons. The van der Waals surface area contributed by atoms with Crippen LogP contribution >= 0.6 is 0 Å². The van der Waals surface area contributed by atoms with Crippen LogP contribution in [-0.4, -0.2) is 76.3 Å². The summed E-state index contributed by atoms with van der Waals surface area (Å²) in [5, 5.41) is 5.62. The number of nitrogens with one attached hydrogen (secondary N) is 2. The molecule has 1 aliphatic carbocycles. The lowest BCUT2D eigenvalue weighted by atomic mass is 9.87. The second kappa shape index (κ2) is 9.75. The molecule has 2 atom stereocenters. The Labute approximate surface area is 188 Å². The smallest absolute Gasteiger partial charge is 0.270 e. The normalized spacial score (nSPS) is 24.7. The van der Waals surface area contributed by atoms with Gasteiger partial charge in [0, 0.05) is 38.8 Å². The van der Waals surface area contributed by atoms with Crippen molar-refractivity contribution >= 4 is 23.6 Å². The van der Waals surface area contributed by atoms with Crippen molar-refractivity contribution in [3.63, 3.8) is 0 Å². The highest BCUT2D eigenvalue weighted by atomic mass is 16.2. The molecule has 9 heteroatoms. The molecule has 1 aromatic rings. The minimum Gasteiger partial charge on any atom is -0.354 e. The Bertz CT molecular complexity index is 875. The van der Waals surface area contributed by atoms with Gasteiger partial charge in [-0.2, -0.15) is 0 Å². The number of hydrogen-bond donors (Lipinski definition) is 2. The Balaban J connectivity index is 1.52. The number of carbonyl (C=O) groups excluding carboxylic acids is 4. The van der Waals surface area contributed by atoms with Crippen molar-refractivity contribution in [1.82, 2.24) is 25.0 Å². The fourth-order valence-electron chi connectivity index (χ4n) is 5.06. The van der Waals surface area contributed by atoms with Gasteiger partial charge in [-0.05, 0) is 37.8 Å². The summed E-state index contributed by atoms with van der Waals surface area (Å²) in [5.74, 6) is -0.769. The predicted octanol–water partition coefficient (Wildman–Crippen LogP) is 0.653. The number of amides is 4. The second-order valence-electron chi connectivity index (χ2n) is 9.13. The van der Waals surface area contributed by atoms with Crippen LogP contribution in [0.1, 0.15) is 55.4 Å². The van der Waals surface area contributed by atoms with Crippen LogP contribution in [0.15, 0.2) is 18.3 Å². The van der Waals surface area contributed by atoms with E-state index in [0.29, 0.717) is 31.7 Å². The first kappa shape index (κ1) is 22.4. The number of rotatable bonds is 4. The van der Waals surface area contributed by atoms with Gasteiger partial charge in [-0.15, -0.1) is 0 Å². The highest BCUT2D eigenvalue weighted by Gasteiger charge is 2.41. The highest BCUT2D eigenvalue weighted by Crippen LogP contribution is 2.27. The molecule has 4 amide bonds. The zero-order valence-electron chi connectivity index (χ0n) is 18.7. The van der Waals surface area contributed by atoms with Crippen molar-refractivity contribution in [2.45, 2.75) is 57.0 Å². The molecule has 1 aromatic heterocycles. The summed E-state index contributed by atoms with van der Waals surface area (Å²) in [6.07, 6.45) is 8.08. The molecule has 32 heavy (non-hydrogen) atoms. The highest BCUT2D eigenvalue weighted by molar-refractivity contribution is 5.96. The van der Waals surface area contributed by atoms with Crippen LogP contribution in [0.25, 0.3) is 0 Å². The predicted molar refractivity (Wildman–Crippen MR) is 118 cm³/mol. The Kier molecular flexibility index (Phi) is 6.81. The van der Waals surface area contributed by atoms with E-state index < -0.39 is 12.1 Å². The summed E-state index contributed by atoms with van der Waals surface area (Å²) in [5.41, 5.74) is 0.544. The lowest BCUT2D eigenvalue weighted by Crippen LogP contribution is -2.64. The molecule has 3 fully saturated rings. The molecule has 9 nitrogen and oxygen atoms in total. The molecule has 0 unspecified atom stereocenters. The standard InChI is InChI=1S/C23H33N5O4/c1-26-12-6-10-18(26)23(32)27-13-14-28(22(31)16-7-3-2-4-8-16)19(15-27)21(30)25-17-9-5-11-24-20(17)29/h6,10,12,16-17,19H,2-5,7-9,11,13-15H2,1H3,(H,24,29)(H,25,30)/t17-,19-/m1/s1. The summed E-state index contributed by atoms with van der Waals surface area (Å²) in [4.78, 5) is 55.2. The van der Waals surface area contributed by atoms with E-state index in [9.17, 15) is 19.2 Å². The van der Waals surface area contributed by atoms with Crippen molar-refractivity contribution in [3.8, 4) is 0 Å². The molecule has 0 bridgehead atoms. The molecule has 3 aliphatic rings. The quantitative estimate of drug-likeness (QED) is 0.713. The van der Waals surface area contributed by atoms with Gasteiger partial charge in [-0.1, -0.05) is 19.3 Å². The van der Waals surface area contributed by atoms with E-state index in [2.05, 4.69) is 10.6 Å². The summed E-state index contributed by atoms with van der Waals surface area (Å²) >= 11 is 0. The number of hydrogen-bond acceptors (Lipinski definition) is 4. The number of carbonyl (C=O) groups is 4. The van der Waals surface area contributed by atoms with Crippen LogP contribution in [0.2, 0.25) is 0 Å². The molecule has 1 saturated carbocycles. The van der Waals surface area contributed by atoms with Crippen LogP contribution < -0.4 is 10.6 Å². The van der Waals surface area contributed by atoms with Gasteiger partial charge in [0.15, 0.2) is 0 Å². The zero-order chi connectivity index (χ0) is 22.7. The molecule has 0 aromatic carbocycles. The maximum Gasteiger partial charge on any atom is 0.270 e. The molecule has 0 radical (unpaired) electrons. The van der Waals surface area contributed by atoms with Gasteiger partial charge in [0.25, 0.3) is 5.91 Å². The average Bonchev–Trinajstić information content (AvgIpc) is 3.25. The fraction of sp³-hybridized carbons (Fsp3) is 0.652. The third-order valence-electron chi connectivity index (χ3n) is 6.97. The van der Waals surface area contributed by atoms with Gasteiger partial charge in [0.1, 0.15) is 17.8 Å². The van der Waals surface area contributed by atoms with Crippen molar-refractivity contribution < 1.29 is 19.2 Å². The second-order valence-corrected chi connectivity index (χ2v) is 9.13. The van der Waals surface area contributed by atoms with E-state index >= 15 is 0 Å². The lowest BCUT2D eigenvalue weighted by molar-refractivity contribution is -0.148. The molecule has 2 saturated heterocycles. The molecule has 4 rings (SSSR count). The third-order valence-corrected chi connectivity index (χ3v) is 6.97. The number of nitrogens with zero attached hydrogens (tertiary/aromatic N) is 3. The Morgan fingerprint density at radius 3 is 2.53 bits per heavy atom. The van der Waals surface area contributed by atoms with Crippen LogP contribution in [0, 0.1) is 5.92 Å². The average molecular weight is 444 g/mol. The Hall–Kier alpha value is -2.84. The number of piperidine rings is 1. The fourth-order valence-corrected chi connectivity index (χ4v) is 5.06. The summed E-state index contributed by atoms with van der Waals surface area (Å²) in [7, 11) is 1.81. The number of aromatic nitrogens is 1. The van der Waals surface area contributed by atoms with Crippen LogP contribution in [-0.2, 0) is 21.4 Å². The van der Waals surface area contributed by atoms with E-state index in [0.717, 1.165) is 38.5 Å². The van der Waals surface area contributed by atoms with E-state index in [-0.39, 0.29) is 36.1 Å².